The minimum Gasteiger partial charge on any atom is -0.493 e. The number of piperidine rings is 1. The summed E-state index contributed by atoms with van der Waals surface area (Å²) < 4.78 is 24.3. The van der Waals surface area contributed by atoms with E-state index in [0.717, 1.165) is 30.7 Å². The van der Waals surface area contributed by atoms with E-state index in [0.29, 0.717) is 19.0 Å². The first-order chi connectivity index (χ1) is 12.6. The molecule has 3 aliphatic heterocycles. The van der Waals surface area contributed by atoms with Gasteiger partial charge in [-0.25, -0.2) is 0 Å². The number of hydrogen-bond acceptors (Lipinski definition) is 6. The third-order valence-corrected chi connectivity index (χ3v) is 7.26. The molecule has 2 fully saturated rings. The maximum Gasteiger partial charge on any atom is 0.227 e. The predicted molar refractivity (Wildman–Crippen MR) is 92.6 cm³/mol. The fourth-order valence-corrected chi connectivity index (χ4v) is 6.13. The summed E-state index contributed by atoms with van der Waals surface area (Å²) in [6.45, 7) is 1.96. The Kier molecular flexibility index (Phi) is 2.75. The SMILES string of the molecule is COc1ccc2c3c1OC1C4(C=CC5(O)[C@@H](C2)N(C)CC[C@]315)OCCO4. The standard InChI is InChI=1S/C20H23NO5/c1-21-8-7-18-15-12-3-4-13(23-2)16(15)26-17(18)20(24-9-10-25-20)6-5-19(18,22)14(21)11-12/h3-6,14,17,22H,7-11H2,1-2H3/t14-,17?,18+,19?/m1/s1. The van der Waals surface area contributed by atoms with Gasteiger partial charge in [0.1, 0.15) is 5.60 Å². The Morgan fingerprint density at radius 2 is 2.04 bits per heavy atom. The zero-order valence-corrected chi connectivity index (χ0v) is 15.0. The third kappa shape index (κ3) is 1.44. The quantitative estimate of drug-likeness (QED) is 0.757. The minimum absolute atomic E-state index is 0.00389. The molecular weight excluding hydrogens is 334 g/mol. The number of aliphatic hydroxyl groups is 1. The first kappa shape index (κ1) is 15.5. The topological polar surface area (TPSA) is 60.4 Å². The van der Waals surface area contributed by atoms with Crippen molar-refractivity contribution in [3.05, 3.63) is 35.4 Å². The summed E-state index contributed by atoms with van der Waals surface area (Å²) in [5.74, 6) is 0.518. The summed E-state index contributed by atoms with van der Waals surface area (Å²) >= 11 is 0. The van der Waals surface area contributed by atoms with E-state index in [9.17, 15) is 5.11 Å². The summed E-state index contributed by atoms with van der Waals surface area (Å²) in [6.07, 6.45) is 4.96. The smallest absolute Gasteiger partial charge is 0.227 e. The van der Waals surface area contributed by atoms with Crippen LogP contribution in [-0.4, -0.2) is 67.5 Å². The molecular formula is C20H23NO5. The fourth-order valence-electron chi connectivity index (χ4n) is 6.13. The molecule has 4 atom stereocenters. The second-order valence-electron chi connectivity index (χ2n) is 8.13. The Morgan fingerprint density at radius 3 is 2.81 bits per heavy atom. The number of fused-ring (bicyclic) bond motifs is 1. The van der Waals surface area contributed by atoms with E-state index in [4.69, 9.17) is 18.9 Å². The summed E-state index contributed by atoms with van der Waals surface area (Å²) in [7, 11) is 3.75. The molecule has 0 radical (unpaired) electrons. The first-order valence-corrected chi connectivity index (χ1v) is 9.34. The lowest BCUT2D eigenvalue weighted by molar-refractivity contribution is -0.237. The van der Waals surface area contributed by atoms with Gasteiger partial charge >= 0.3 is 0 Å². The Morgan fingerprint density at radius 1 is 1.23 bits per heavy atom. The van der Waals surface area contributed by atoms with Crippen LogP contribution in [0.1, 0.15) is 17.5 Å². The molecule has 26 heavy (non-hydrogen) atoms. The number of methoxy groups -OCH3 is 1. The molecule has 1 N–H and O–H groups in total. The van der Waals surface area contributed by atoms with E-state index < -0.39 is 22.9 Å². The van der Waals surface area contributed by atoms with Gasteiger partial charge in [0, 0.05) is 11.6 Å². The number of nitrogens with zero attached hydrogens (tertiary/aromatic N) is 1. The van der Waals surface area contributed by atoms with Crippen molar-refractivity contribution >= 4 is 0 Å². The summed E-state index contributed by atoms with van der Waals surface area (Å²) in [5.41, 5.74) is 0.723. The van der Waals surface area contributed by atoms with Crippen LogP contribution in [-0.2, 0) is 21.3 Å². The molecule has 0 saturated carbocycles. The number of ether oxygens (including phenoxy) is 4. The van der Waals surface area contributed by atoms with E-state index in [-0.39, 0.29) is 6.04 Å². The van der Waals surface area contributed by atoms with Crippen molar-refractivity contribution in [2.45, 2.75) is 41.8 Å². The lowest BCUT2D eigenvalue weighted by Gasteiger charge is -2.62. The lowest BCUT2D eigenvalue weighted by Crippen LogP contribution is -2.77. The largest absolute Gasteiger partial charge is 0.493 e. The second-order valence-corrected chi connectivity index (χ2v) is 8.13. The molecule has 2 spiro atoms. The highest BCUT2D eigenvalue weighted by atomic mass is 16.8. The fraction of sp³-hybridized carbons (Fsp3) is 0.600. The van der Waals surface area contributed by atoms with Crippen LogP contribution >= 0.6 is 0 Å². The number of rotatable bonds is 1. The Hall–Kier alpha value is -1.60. The summed E-state index contributed by atoms with van der Waals surface area (Å²) in [5, 5.41) is 12.0. The van der Waals surface area contributed by atoms with Gasteiger partial charge < -0.3 is 24.1 Å². The van der Waals surface area contributed by atoms with Gasteiger partial charge in [-0.1, -0.05) is 6.07 Å². The second kappa shape index (κ2) is 4.62. The van der Waals surface area contributed by atoms with E-state index in [1.54, 1.807) is 7.11 Å². The van der Waals surface area contributed by atoms with Crippen LogP contribution in [0.25, 0.3) is 0 Å². The Bertz CT molecular complexity index is 832. The average Bonchev–Trinajstić information content (AvgIpc) is 3.24. The van der Waals surface area contributed by atoms with E-state index in [1.165, 1.54) is 5.56 Å². The molecule has 6 heteroatoms. The maximum atomic E-state index is 12.0. The minimum atomic E-state index is -1.02. The van der Waals surface area contributed by atoms with E-state index in [1.807, 2.05) is 18.2 Å². The van der Waals surface area contributed by atoms with Gasteiger partial charge in [-0.15, -0.1) is 0 Å². The summed E-state index contributed by atoms with van der Waals surface area (Å²) in [6, 6.07) is 4.10. The van der Waals surface area contributed by atoms with Crippen LogP contribution in [0.5, 0.6) is 11.5 Å². The van der Waals surface area contributed by atoms with Crippen LogP contribution in [0.2, 0.25) is 0 Å². The molecule has 0 aromatic heterocycles. The highest BCUT2D eigenvalue weighted by Gasteiger charge is 2.75. The van der Waals surface area contributed by atoms with Gasteiger partial charge in [0.15, 0.2) is 17.6 Å². The van der Waals surface area contributed by atoms with Gasteiger partial charge in [-0.05, 0) is 50.2 Å². The van der Waals surface area contributed by atoms with E-state index in [2.05, 4.69) is 18.0 Å². The van der Waals surface area contributed by atoms with Gasteiger partial charge in [-0.2, -0.15) is 0 Å². The number of benzene rings is 1. The average molecular weight is 357 g/mol. The number of hydrogen-bond donors (Lipinski definition) is 1. The molecule has 0 amide bonds. The molecule has 1 aromatic carbocycles. The van der Waals surface area contributed by atoms with Crippen molar-refractivity contribution < 1.29 is 24.1 Å². The van der Waals surface area contributed by atoms with E-state index >= 15 is 0 Å². The van der Waals surface area contributed by atoms with Crippen LogP contribution < -0.4 is 9.47 Å². The molecule has 138 valence electrons. The number of likely N-dealkylation sites (tertiary alicyclic amines) is 1. The van der Waals surface area contributed by atoms with Crippen LogP contribution in [0.4, 0.5) is 0 Å². The lowest BCUT2D eigenvalue weighted by atomic mass is 9.50. The van der Waals surface area contributed by atoms with Crippen molar-refractivity contribution in [3.8, 4) is 11.5 Å². The van der Waals surface area contributed by atoms with Gasteiger partial charge in [0.25, 0.3) is 0 Å². The molecule has 1 aromatic rings. The summed E-state index contributed by atoms with van der Waals surface area (Å²) in [4.78, 5) is 2.27. The van der Waals surface area contributed by atoms with Crippen molar-refractivity contribution in [3.63, 3.8) is 0 Å². The molecule has 6 rings (SSSR count). The molecule has 2 saturated heterocycles. The zero-order valence-electron chi connectivity index (χ0n) is 15.0. The maximum absolute atomic E-state index is 12.0. The monoisotopic (exact) mass is 357 g/mol. The van der Waals surface area contributed by atoms with Crippen molar-refractivity contribution in [2.24, 2.45) is 0 Å². The Labute approximate surface area is 152 Å². The normalized spacial score (nSPS) is 41.2. The molecule has 2 bridgehead atoms. The highest BCUT2D eigenvalue weighted by molar-refractivity contribution is 5.64. The van der Waals surface area contributed by atoms with Crippen molar-refractivity contribution in [2.75, 3.05) is 33.9 Å². The van der Waals surface area contributed by atoms with Gasteiger partial charge in [-0.3, -0.25) is 4.90 Å². The molecule has 2 unspecified atom stereocenters. The Balaban J connectivity index is 1.69. The molecule has 2 aliphatic carbocycles. The number of likely N-dealkylation sites (N-methyl/N-ethyl adjacent to an activating group) is 1. The zero-order chi connectivity index (χ0) is 17.7. The van der Waals surface area contributed by atoms with Gasteiger partial charge in [0.05, 0.1) is 25.7 Å². The predicted octanol–water partition coefficient (Wildman–Crippen LogP) is 0.998. The molecule has 6 nitrogen and oxygen atoms in total. The van der Waals surface area contributed by atoms with Crippen LogP contribution in [0.3, 0.4) is 0 Å². The molecule has 5 aliphatic rings. The van der Waals surface area contributed by atoms with Crippen molar-refractivity contribution in [1.82, 2.24) is 4.90 Å². The van der Waals surface area contributed by atoms with Crippen molar-refractivity contribution in [1.29, 1.82) is 0 Å². The van der Waals surface area contributed by atoms with Crippen LogP contribution in [0, 0.1) is 0 Å². The van der Waals surface area contributed by atoms with Crippen LogP contribution in [0.15, 0.2) is 24.3 Å². The third-order valence-electron chi connectivity index (χ3n) is 7.26. The highest BCUT2D eigenvalue weighted by Crippen LogP contribution is 2.66. The first-order valence-electron chi connectivity index (χ1n) is 9.34. The van der Waals surface area contributed by atoms with Gasteiger partial charge in [0.2, 0.25) is 5.79 Å². The molecule has 3 heterocycles.